The Morgan fingerprint density at radius 1 is 1.00 bits per heavy atom. The number of carbonyl (C=O) groups is 2. The van der Waals surface area contributed by atoms with Crippen LogP contribution in [0.2, 0.25) is 0 Å². The minimum absolute atomic E-state index is 0.0115. The van der Waals surface area contributed by atoms with Crippen LogP contribution in [0, 0.1) is 10.1 Å². The standard InChI is InChI=1S/C16H13F2N3O6/c1-26-13-8-10(4-7-12(13)27-16(17)18)15(23)20-19-14(22)9-2-5-11(6-3-9)21(24)25/h2-8,16H,1H3,(H,19,22)(H,20,23). The molecule has 0 radical (unpaired) electrons. The molecule has 0 aliphatic carbocycles. The van der Waals surface area contributed by atoms with Crippen LogP contribution in [-0.4, -0.2) is 30.5 Å². The van der Waals surface area contributed by atoms with E-state index in [0.29, 0.717) is 0 Å². The number of hydrogen-bond donors (Lipinski definition) is 2. The zero-order valence-corrected chi connectivity index (χ0v) is 13.8. The number of carbonyl (C=O) groups excluding carboxylic acids is 2. The second-order valence-electron chi connectivity index (χ2n) is 4.96. The Morgan fingerprint density at radius 2 is 1.56 bits per heavy atom. The summed E-state index contributed by atoms with van der Waals surface area (Å²) in [5.74, 6) is -1.79. The van der Waals surface area contributed by atoms with Crippen LogP contribution >= 0.6 is 0 Å². The van der Waals surface area contributed by atoms with E-state index in [1.54, 1.807) is 0 Å². The molecule has 0 spiro atoms. The Hall–Kier alpha value is -3.76. The highest BCUT2D eigenvalue weighted by molar-refractivity contribution is 5.99. The highest BCUT2D eigenvalue weighted by atomic mass is 19.3. The zero-order valence-electron chi connectivity index (χ0n) is 13.8. The van der Waals surface area contributed by atoms with Gasteiger partial charge in [-0.3, -0.25) is 30.6 Å². The van der Waals surface area contributed by atoms with Gasteiger partial charge in [0.05, 0.1) is 12.0 Å². The van der Waals surface area contributed by atoms with Gasteiger partial charge in [-0.1, -0.05) is 0 Å². The lowest BCUT2D eigenvalue weighted by Gasteiger charge is -2.12. The van der Waals surface area contributed by atoms with Crippen molar-refractivity contribution in [2.45, 2.75) is 6.61 Å². The van der Waals surface area contributed by atoms with E-state index in [2.05, 4.69) is 15.6 Å². The molecule has 0 saturated heterocycles. The van der Waals surface area contributed by atoms with E-state index in [1.165, 1.54) is 25.3 Å². The number of non-ortho nitro benzene ring substituents is 1. The summed E-state index contributed by atoms with van der Waals surface area (Å²) in [7, 11) is 1.21. The van der Waals surface area contributed by atoms with Crippen LogP contribution in [0.15, 0.2) is 42.5 Å². The van der Waals surface area contributed by atoms with Crippen molar-refractivity contribution in [3.8, 4) is 11.5 Å². The fraction of sp³-hybridized carbons (Fsp3) is 0.125. The molecule has 0 aliphatic heterocycles. The number of hydrogen-bond acceptors (Lipinski definition) is 6. The Morgan fingerprint density at radius 3 is 2.07 bits per heavy atom. The molecule has 0 saturated carbocycles. The maximum Gasteiger partial charge on any atom is 0.387 e. The molecule has 2 amide bonds. The maximum absolute atomic E-state index is 12.3. The van der Waals surface area contributed by atoms with Gasteiger partial charge in [-0.25, -0.2) is 0 Å². The number of nitro groups is 1. The van der Waals surface area contributed by atoms with Crippen molar-refractivity contribution in [2.24, 2.45) is 0 Å². The molecule has 0 aliphatic rings. The molecule has 27 heavy (non-hydrogen) atoms. The zero-order chi connectivity index (χ0) is 20.0. The smallest absolute Gasteiger partial charge is 0.387 e. The second-order valence-corrected chi connectivity index (χ2v) is 4.96. The van der Waals surface area contributed by atoms with E-state index >= 15 is 0 Å². The molecule has 0 atom stereocenters. The summed E-state index contributed by atoms with van der Waals surface area (Å²) >= 11 is 0. The molecular formula is C16H13F2N3O6. The average Bonchev–Trinajstić information content (AvgIpc) is 2.65. The van der Waals surface area contributed by atoms with Gasteiger partial charge in [-0.15, -0.1) is 0 Å². The Kier molecular flexibility index (Phi) is 6.20. The molecule has 142 valence electrons. The van der Waals surface area contributed by atoms with Crippen LogP contribution in [-0.2, 0) is 0 Å². The minimum atomic E-state index is -3.06. The molecule has 2 aromatic rings. The number of amides is 2. The largest absolute Gasteiger partial charge is 0.493 e. The molecule has 2 rings (SSSR count). The predicted molar refractivity (Wildman–Crippen MR) is 87.7 cm³/mol. The third-order valence-corrected chi connectivity index (χ3v) is 3.27. The summed E-state index contributed by atoms with van der Waals surface area (Å²) in [6.45, 7) is -3.06. The van der Waals surface area contributed by atoms with Crippen molar-refractivity contribution in [3.05, 3.63) is 63.7 Å². The first-order valence-corrected chi connectivity index (χ1v) is 7.30. The summed E-state index contributed by atoms with van der Waals surface area (Å²) in [4.78, 5) is 34.0. The quantitative estimate of drug-likeness (QED) is 0.585. The predicted octanol–water partition coefficient (Wildman–Crippen LogP) is 2.28. The average molecular weight is 381 g/mol. The molecule has 0 unspecified atom stereocenters. The summed E-state index contributed by atoms with van der Waals surface area (Å²) < 4.78 is 33.7. The van der Waals surface area contributed by atoms with E-state index in [0.717, 1.165) is 24.3 Å². The molecule has 2 N–H and O–H groups in total. The number of benzene rings is 2. The highest BCUT2D eigenvalue weighted by Crippen LogP contribution is 2.29. The molecule has 11 heteroatoms. The molecular weight excluding hydrogens is 368 g/mol. The maximum atomic E-state index is 12.3. The number of halogens is 2. The first-order valence-electron chi connectivity index (χ1n) is 7.30. The number of alkyl halides is 2. The van der Waals surface area contributed by atoms with Crippen LogP contribution in [0.3, 0.4) is 0 Å². The molecule has 0 bridgehead atoms. The van der Waals surface area contributed by atoms with E-state index in [9.17, 15) is 28.5 Å². The first kappa shape index (κ1) is 19.6. The van der Waals surface area contributed by atoms with Crippen molar-refractivity contribution >= 4 is 17.5 Å². The van der Waals surface area contributed by atoms with Gasteiger partial charge in [0, 0.05) is 23.3 Å². The lowest BCUT2D eigenvalue weighted by atomic mass is 10.2. The van der Waals surface area contributed by atoms with Crippen LogP contribution in [0.1, 0.15) is 20.7 Å². The highest BCUT2D eigenvalue weighted by Gasteiger charge is 2.15. The van der Waals surface area contributed by atoms with Gasteiger partial charge in [0.15, 0.2) is 11.5 Å². The number of methoxy groups -OCH3 is 1. The SMILES string of the molecule is COc1cc(C(=O)NNC(=O)c2ccc([N+](=O)[O-])cc2)ccc1OC(F)F. The van der Waals surface area contributed by atoms with Crippen LogP contribution in [0.4, 0.5) is 14.5 Å². The van der Waals surface area contributed by atoms with Gasteiger partial charge in [0.2, 0.25) is 0 Å². The summed E-state index contributed by atoms with van der Waals surface area (Å²) in [5, 5.41) is 10.6. The van der Waals surface area contributed by atoms with Gasteiger partial charge in [-0.2, -0.15) is 8.78 Å². The fourth-order valence-electron chi connectivity index (χ4n) is 1.99. The van der Waals surface area contributed by atoms with Crippen molar-refractivity contribution in [3.63, 3.8) is 0 Å². The monoisotopic (exact) mass is 381 g/mol. The lowest BCUT2D eigenvalue weighted by Crippen LogP contribution is -2.41. The van der Waals surface area contributed by atoms with Gasteiger partial charge < -0.3 is 9.47 Å². The third-order valence-electron chi connectivity index (χ3n) is 3.27. The number of nitrogens with zero attached hydrogens (tertiary/aromatic N) is 1. The fourth-order valence-corrected chi connectivity index (χ4v) is 1.99. The van der Waals surface area contributed by atoms with Gasteiger partial charge in [0.1, 0.15) is 0 Å². The van der Waals surface area contributed by atoms with Crippen LogP contribution in [0.5, 0.6) is 11.5 Å². The normalized spacial score (nSPS) is 10.2. The topological polar surface area (TPSA) is 120 Å². The van der Waals surface area contributed by atoms with Crippen molar-refractivity contribution in [1.82, 2.24) is 10.9 Å². The third kappa shape index (κ3) is 5.11. The number of hydrazine groups is 1. The van der Waals surface area contributed by atoms with Crippen molar-refractivity contribution in [1.29, 1.82) is 0 Å². The van der Waals surface area contributed by atoms with Crippen molar-refractivity contribution in [2.75, 3.05) is 7.11 Å². The van der Waals surface area contributed by atoms with Gasteiger partial charge >= 0.3 is 6.61 Å². The molecule has 0 fully saturated rings. The van der Waals surface area contributed by atoms with Gasteiger partial charge in [0.25, 0.3) is 17.5 Å². The van der Waals surface area contributed by atoms with E-state index in [-0.39, 0.29) is 28.3 Å². The van der Waals surface area contributed by atoms with Crippen LogP contribution in [0.25, 0.3) is 0 Å². The lowest BCUT2D eigenvalue weighted by molar-refractivity contribution is -0.384. The Balaban J connectivity index is 2.02. The summed E-state index contributed by atoms with van der Waals surface area (Å²) in [6, 6.07) is 8.21. The van der Waals surface area contributed by atoms with E-state index < -0.39 is 23.3 Å². The number of rotatable bonds is 6. The molecule has 0 aromatic heterocycles. The van der Waals surface area contributed by atoms with E-state index in [1.807, 2.05) is 0 Å². The van der Waals surface area contributed by atoms with Crippen molar-refractivity contribution < 1.29 is 32.8 Å². The minimum Gasteiger partial charge on any atom is -0.493 e. The Bertz CT molecular complexity index is 858. The number of nitrogens with one attached hydrogen (secondary N) is 2. The van der Waals surface area contributed by atoms with Crippen LogP contribution < -0.4 is 20.3 Å². The number of nitro benzene ring substituents is 1. The van der Waals surface area contributed by atoms with Gasteiger partial charge in [-0.05, 0) is 30.3 Å². The summed E-state index contributed by atoms with van der Waals surface area (Å²) in [6.07, 6.45) is 0. The molecule has 0 heterocycles. The van der Waals surface area contributed by atoms with E-state index in [4.69, 9.17) is 4.74 Å². The molecule has 2 aromatic carbocycles. The molecule has 9 nitrogen and oxygen atoms in total. The Labute approximate surface area is 151 Å². The number of ether oxygens (including phenoxy) is 2. The first-order chi connectivity index (χ1) is 12.8. The second kappa shape index (κ2) is 8.56. The summed E-state index contributed by atoms with van der Waals surface area (Å²) in [5.41, 5.74) is 4.17.